The van der Waals surface area contributed by atoms with Gasteiger partial charge in [0.05, 0.1) is 26.7 Å². The number of carbonyl (C=O) groups excluding carboxylic acids is 2. The van der Waals surface area contributed by atoms with E-state index in [9.17, 15) is 9.59 Å². The van der Waals surface area contributed by atoms with Gasteiger partial charge in [-0.15, -0.1) is 0 Å². The van der Waals surface area contributed by atoms with Crippen LogP contribution in [0.5, 0.6) is 0 Å². The zero-order valence-electron chi connectivity index (χ0n) is 15.6. The van der Waals surface area contributed by atoms with E-state index in [1.807, 2.05) is 30.1 Å². The third kappa shape index (κ3) is 3.00. The van der Waals surface area contributed by atoms with Crippen LogP contribution in [0.2, 0.25) is 5.02 Å². The second-order valence-electron chi connectivity index (χ2n) is 7.19. The Hall–Kier alpha value is -2.41. The monoisotopic (exact) mass is 388 g/mol. The first-order valence-electron chi connectivity index (χ1n) is 9.25. The average Bonchev–Trinajstić information content (AvgIpc) is 3.03. The SMILES string of the molecule is CN1C(=O)N(Cc2ccccc2Cl)C(=O)C2C1=NC(=[N+]1CCCCC1)N2C. The summed E-state index contributed by atoms with van der Waals surface area (Å²) in [5.41, 5.74) is 0.746. The highest BCUT2D eigenvalue weighted by molar-refractivity contribution is 6.31. The molecule has 4 rings (SSSR count). The Morgan fingerprint density at radius 3 is 2.56 bits per heavy atom. The van der Waals surface area contributed by atoms with Crippen LogP contribution in [-0.2, 0) is 11.3 Å². The Labute approximate surface area is 163 Å². The molecule has 27 heavy (non-hydrogen) atoms. The number of carbonyl (C=O) groups is 2. The number of guanidine groups is 1. The van der Waals surface area contributed by atoms with Crippen LogP contribution in [0.1, 0.15) is 24.8 Å². The van der Waals surface area contributed by atoms with Crippen molar-refractivity contribution in [2.45, 2.75) is 31.8 Å². The minimum absolute atomic E-state index is 0.151. The van der Waals surface area contributed by atoms with Crippen LogP contribution in [0.4, 0.5) is 4.79 Å². The lowest BCUT2D eigenvalue weighted by Gasteiger charge is -2.34. The Bertz CT molecular complexity index is 857. The summed E-state index contributed by atoms with van der Waals surface area (Å²) in [6.45, 7) is 2.01. The molecule has 0 radical (unpaired) electrons. The molecule has 3 amide bonds. The van der Waals surface area contributed by atoms with E-state index in [1.54, 1.807) is 13.1 Å². The van der Waals surface area contributed by atoms with Crippen molar-refractivity contribution in [3.8, 4) is 0 Å². The van der Waals surface area contributed by atoms with Crippen molar-refractivity contribution >= 4 is 35.3 Å². The molecule has 0 bridgehead atoms. The maximum absolute atomic E-state index is 13.2. The number of aliphatic imine (C=N–C) groups is 1. The molecule has 3 aliphatic heterocycles. The minimum atomic E-state index is -0.577. The average molecular weight is 389 g/mol. The maximum Gasteiger partial charge on any atom is 0.392 e. The van der Waals surface area contributed by atoms with E-state index in [4.69, 9.17) is 11.6 Å². The highest BCUT2D eigenvalue weighted by Gasteiger charge is 2.54. The highest BCUT2D eigenvalue weighted by atomic mass is 35.5. The third-order valence-corrected chi connectivity index (χ3v) is 5.82. The van der Waals surface area contributed by atoms with Crippen molar-refractivity contribution in [3.63, 3.8) is 0 Å². The summed E-state index contributed by atoms with van der Waals surface area (Å²) >= 11 is 6.23. The van der Waals surface area contributed by atoms with Crippen LogP contribution >= 0.6 is 11.6 Å². The van der Waals surface area contributed by atoms with Crippen molar-refractivity contribution < 1.29 is 14.2 Å². The fourth-order valence-electron chi connectivity index (χ4n) is 3.92. The first kappa shape index (κ1) is 18.0. The van der Waals surface area contributed by atoms with Gasteiger partial charge < -0.3 is 0 Å². The van der Waals surface area contributed by atoms with Gasteiger partial charge in [0.2, 0.25) is 11.9 Å². The smallest absolute Gasteiger partial charge is 0.270 e. The quantitative estimate of drug-likeness (QED) is 0.728. The lowest BCUT2D eigenvalue weighted by Crippen LogP contribution is -2.63. The van der Waals surface area contributed by atoms with Gasteiger partial charge in [0.25, 0.3) is 5.91 Å². The molecule has 0 aliphatic carbocycles. The molecule has 0 spiro atoms. The maximum atomic E-state index is 13.2. The van der Waals surface area contributed by atoms with E-state index in [0.717, 1.165) is 37.5 Å². The number of hydrogen-bond donors (Lipinski definition) is 0. The molecule has 3 heterocycles. The second-order valence-corrected chi connectivity index (χ2v) is 7.60. The molecule has 0 saturated carbocycles. The van der Waals surface area contributed by atoms with Crippen molar-refractivity contribution in [1.29, 1.82) is 0 Å². The van der Waals surface area contributed by atoms with Gasteiger partial charge in [-0.1, -0.05) is 34.8 Å². The second kappa shape index (κ2) is 6.96. The van der Waals surface area contributed by atoms with Crippen molar-refractivity contribution in [2.24, 2.45) is 4.99 Å². The first-order valence-corrected chi connectivity index (χ1v) is 9.62. The van der Waals surface area contributed by atoms with E-state index >= 15 is 0 Å². The number of amidine groups is 1. The number of urea groups is 1. The zero-order chi connectivity index (χ0) is 19.1. The lowest BCUT2D eigenvalue weighted by atomic mass is 10.1. The van der Waals surface area contributed by atoms with Gasteiger partial charge in [0, 0.05) is 12.1 Å². The van der Waals surface area contributed by atoms with Gasteiger partial charge in [-0.25, -0.2) is 9.69 Å². The molecule has 8 heteroatoms. The Morgan fingerprint density at radius 1 is 1.15 bits per heavy atom. The Kier molecular flexibility index (Phi) is 4.63. The highest BCUT2D eigenvalue weighted by Crippen LogP contribution is 2.26. The molecule has 0 aromatic heterocycles. The van der Waals surface area contributed by atoms with Crippen LogP contribution in [0.15, 0.2) is 29.3 Å². The molecule has 1 atom stereocenters. The van der Waals surface area contributed by atoms with E-state index in [0.29, 0.717) is 10.9 Å². The number of piperidine rings is 1. The number of nitrogens with zero attached hydrogens (tertiary/aromatic N) is 5. The third-order valence-electron chi connectivity index (χ3n) is 5.45. The Morgan fingerprint density at radius 2 is 1.85 bits per heavy atom. The normalized spacial score (nSPS) is 23.1. The van der Waals surface area contributed by atoms with Crippen LogP contribution < -0.4 is 0 Å². The summed E-state index contributed by atoms with van der Waals surface area (Å²) < 4.78 is 2.21. The number of hydrogen-bond acceptors (Lipinski definition) is 2. The molecule has 1 aromatic carbocycles. The standard InChI is InChI=1S/C19H23ClN5O2/c1-22-15-16(21-18(22)24-10-6-3-7-11-24)23(2)19(27)25(17(15)26)12-13-8-4-5-9-14(13)20/h4-5,8-9,15H,3,6-7,10-12H2,1-2H3/q+1. The van der Waals surface area contributed by atoms with Crippen LogP contribution in [0, 0.1) is 0 Å². The van der Waals surface area contributed by atoms with Crippen molar-refractivity contribution in [1.82, 2.24) is 14.7 Å². The molecule has 0 N–H and O–H groups in total. The number of imide groups is 1. The van der Waals surface area contributed by atoms with E-state index in [2.05, 4.69) is 9.57 Å². The fraction of sp³-hybridized carbons (Fsp3) is 0.474. The summed E-state index contributed by atoms with van der Waals surface area (Å²) in [7, 11) is 3.55. The number of amides is 3. The van der Waals surface area contributed by atoms with Gasteiger partial charge in [-0.05, 0) is 30.9 Å². The van der Waals surface area contributed by atoms with E-state index in [-0.39, 0.29) is 18.5 Å². The van der Waals surface area contributed by atoms with E-state index < -0.39 is 6.04 Å². The number of rotatable bonds is 2. The van der Waals surface area contributed by atoms with Gasteiger partial charge in [-0.3, -0.25) is 19.2 Å². The zero-order valence-corrected chi connectivity index (χ0v) is 16.3. The number of benzene rings is 1. The fourth-order valence-corrected chi connectivity index (χ4v) is 4.11. The number of fused-ring (bicyclic) bond motifs is 1. The van der Waals surface area contributed by atoms with Crippen LogP contribution in [0.25, 0.3) is 0 Å². The first-order chi connectivity index (χ1) is 13.0. The predicted octanol–water partition coefficient (Wildman–Crippen LogP) is 2.00. The van der Waals surface area contributed by atoms with Crippen molar-refractivity contribution in [2.75, 3.05) is 27.2 Å². The minimum Gasteiger partial charge on any atom is -0.270 e. The molecular weight excluding hydrogens is 366 g/mol. The summed E-state index contributed by atoms with van der Waals surface area (Å²) in [5.74, 6) is 1.03. The topological polar surface area (TPSA) is 59.2 Å². The van der Waals surface area contributed by atoms with Gasteiger partial charge in [-0.2, -0.15) is 0 Å². The molecule has 142 valence electrons. The lowest BCUT2D eigenvalue weighted by molar-refractivity contribution is -0.542. The predicted molar refractivity (Wildman–Crippen MR) is 103 cm³/mol. The number of halogens is 1. The van der Waals surface area contributed by atoms with Crippen LogP contribution in [0.3, 0.4) is 0 Å². The Balaban J connectivity index is 1.66. The number of likely N-dealkylation sites (N-methyl/N-ethyl adjacent to an activating group) is 2. The van der Waals surface area contributed by atoms with Crippen LogP contribution in [-0.4, -0.2) is 76.2 Å². The van der Waals surface area contributed by atoms with Crippen molar-refractivity contribution in [3.05, 3.63) is 34.9 Å². The summed E-state index contributed by atoms with van der Waals surface area (Å²) in [5, 5.41) is 0.542. The molecular formula is C19H23ClN5O2+. The largest absolute Gasteiger partial charge is 0.392 e. The molecule has 1 unspecified atom stereocenters. The molecule has 3 aliphatic rings. The molecule has 2 saturated heterocycles. The molecule has 2 fully saturated rings. The van der Waals surface area contributed by atoms with Gasteiger partial charge >= 0.3 is 12.0 Å². The summed E-state index contributed by atoms with van der Waals surface area (Å²) in [4.78, 5) is 35.4. The summed E-state index contributed by atoms with van der Waals surface area (Å²) in [6.07, 6.45) is 3.46. The van der Waals surface area contributed by atoms with Gasteiger partial charge in [0.1, 0.15) is 0 Å². The molecule has 7 nitrogen and oxygen atoms in total. The summed E-state index contributed by atoms with van der Waals surface area (Å²) in [6, 6.07) is 6.32. The van der Waals surface area contributed by atoms with Gasteiger partial charge in [0.15, 0.2) is 0 Å². The molecule has 1 aromatic rings. The van der Waals surface area contributed by atoms with E-state index in [1.165, 1.54) is 16.2 Å².